The smallest absolute Gasteiger partial charge is 0.335 e. The number of ether oxygens (including phenoxy) is 1. The van der Waals surface area contributed by atoms with Crippen LogP contribution in [-0.2, 0) is 21.3 Å². The molecular formula is C11H14O4S. The Morgan fingerprint density at radius 1 is 1.50 bits per heavy atom. The van der Waals surface area contributed by atoms with Crippen LogP contribution in [0.5, 0.6) is 0 Å². The Balaban J connectivity index is 2.63. The zero-order chi connectivity index (χ0) is 12.0. The van der Waals surface area contributed by atoms with Crippen LogP contribution < -0.4 is 0 Å². The van der Waals surface area contributed by atoms with Crippen molar-refractivity contribution in [1.29, 1.82) is 0 Å². The maximum absolute atomic E-state index is 11.5. The Morgan fingerprint density at radius 3 is 2.88 bits per heavy atom. The van der Waals surface area contributed by atoms with Gasteiger partial charge in [0.15, 0.2) is 0 Å². The maximum Gasteiger partial charge on any atom is 0.335 e. The van der Waals surface area contributed by atoms with Crippen molar-refractivity contribution in [1.82, 2.24) is 0 Å². The molecule has 1 atom stereocenters. The van der Waals surface area contributed by atoms with Gasteiger partial charge in [0, 0.05) is 29.4 Å². The summed E-state index contributed by atoms with van der Waals surface area (Å²) < 4.78 is 16.4. The molecule has 1 rings (SSSR count). The Labute approximate surface area is 96.7 Å². The molecular weight excluding hydrogens is 228 g/mol. The second-order valence-electron chi connectivity index (χ2n) is 3.29. The molecule has 1 aromatic rings. The lowest BCUT2D eigenvalue weighted by Crippen LogP contribution is -2.07. The number of hydrogen-bond acceptors (Lipinski definition) is 3. The van der Waals surface area contributed by atoms with Crippen LogP contribution in [0.2, 0.25) is 0 Å². The van der Waals surface area contributed by atoms with Gasteiger partial charge in [0.05, 0.1) is 12.2 Å². The molecule has 1 N–H and O–H groups in total. The molecule has 0 heterocycles. The van der Waals surface area contributed by atoms with Gasteiger partial charge in [-0.3, -0.25) is 4.21 Å². The summed E-state index contributed by atoms with van der Waals surface area (Å²) in [5, 5.41) is 8.79. The largest absolute Gasteiger partial charge is 0.478 e. The molecule has 0 spiro atoms. The number of aromatic carboxylic acids is 1. The van der Waals surface area contributed by atoms with Gasteiger partial charge in [-0.25, -0.2) is 4.79 Å². The highest BCUT2D eigenvalue weighted by Crippen LogP contribution is 2.08. The summed E-state index contributed by atoms with van der Waals surface area (Å²) in [4.78, 5) is 10.7. The minimum absolute atomic E-state index is 0.223. The van der Waals surface area contributed by atoms with Crippen molar-refractivity contribution in [2.24, 2.45) is 0 Å². The number of methoxy groups -OCH3 is 1. The molecule has 1 aromatic carbocycles. The standard InChI is InChI=1S/C11H14O4S/c1-15-5-6-16(14)8-9-3-2-4-10(7-9)11(12)13/h2-4,7H,5-6,8H2,1H3,(H,12,13). The lowest BCUT2D eigenvalue weighted by molar-refractivity contribution is 0.0696. The van der Waals surface area contributed by atoms with Gasteiger partial charge in [-0.2, -0.15) is 0 Å². The van der Waals surface area contributed by atoms with Gasteiger partial charge in [-0.15, -0.1) is 0 Å². The zero-order valence-corrected chi connectivity index (χ0v) is 9.83. The van der Waals surface area contributed by atoms with Gasteiger partial charge in [-0.1, -0.05) is 12.1 Å². The summed E-state index contributed by atoms with van der Waals surface area (Å²) in [7, 11) is 0.547. The highest BCUT2D eigenvalue weighted by molar-refractivity contribution is 7.84. The van der Waals surface area contributed by atoms with E-state index in [1.807, 2.05) is 0 Å². The van der Waals surface area contributed by atoms with Crippen LogP contribution in [0, 0.1) is 0 Å². The molecule has 4 nitrogen and oxygen atoms in total. The fraction of sp³-hybridized carbons (Fsp3) is 0.364. The number of carboxylic acid groups (broad SMARTS) is 1. The molecule has 0 aliphatic heterocycles. The molecule has 0 saturated carbocycles. The van der Waals surface area contributed by atoms with E-state index in [1.165, 1.54) is 6.07 Å². The van der Waals surface area contributed by atoms with Crippen molar-refractivity contribution in [3.8, 4) is 0 Å². The van der Waals surface area contributed by atoms with Crippen LogP contribution in [0.1, 0.15) is 15.9 Å². The van der Waals surface area contributed by atoms with E-state index in [-0.39, 0.29) is 5.56 Å². The first kappa shape index (κ1) is 12.9. The lowest BCUT2D eigenvalue weighted by Gasteiger charge is -2.03. The number of benzene rings is 1. The molecule has 0 fully saturated rings. The average molecular weight is 242 g/mol. The monoisotopic (exact) mass is 242 g/mol. The summed E-state index contributed by atoms with van der Waals surface area (Å²) in [6.45, 7) is 0.450. The maximum atomic E-state index is 11.5. The average Bonchev–Trinajstić information content (AvgIpc) is 2.26. The van der Waals surface area contributed by atoms with E-state index in [2.05, 4.69) is 0 Å². The highest BCUT2D eigenvalue weighted by Gasteiger charge is 2.06. The van der Waals surface area contributed by atoms with Crippen LogP contribution in [0.15, 0.2) is 24.3 Å². The SMILES string of the molecule is COCCS(=O)Cc1cccc(C(=O)O)c1. The van der Waals surface area contributed by atoms with Crippen LogP contribution in [0.4, 0.5) is 0 Å². The van der Waals surface area contributed by atoms with E-state index < -0.39 is 16.8 Å². The molecule has 0 radical (unpaired) electrons. The summed E-state index contributed by atoms with van der Waals surface area (Å²) in [6.07, 6.45) is 0. The number of rotatable bonds is 6. The Bertz CT molecular complexity index is 389. The van der Waals surface area contributed by atoms with Gasteiger partial charge < -0.3 is 9.84 Å². The van der Waals surface area contributed by atoms with Crippen LogP contribution in [0.3, 0.4) is 0 Å². The molecule has 1 unspecified atom stereocenters. The highest BCUT2D eigenvalue weighted by atomic mass is 32.2. The Morgan fingerprint density at radius 2 is 2.25 bits per heavy atom. The van der Waals surface area contributed by atoms with Gasteiger partial charge in [-0.05, 0) is 17.7 Å². The molecule has 16 heavy (non-hydrogen) atoms. The fourth-order valence-corrected chi connectivity index (χ4v) is 2.28. The van der Waals surface area contributed by atoms with E-state index in [0.717, 1.165) is 5.56 Å². The van der Waals surface area contributed by atoms with E-state index in [9.17, 15) is 9.00 Å². The van der Waals surface area contributed by atoms with Crippen LogP contribution in [-0.4, -0.2) is 34.8 Å². The van der Waals surface area contributed by atoms with E-state index in [0.29, 0.717) is 18.1 Å². The minimum atomic E-state index is -1.01. The first-order valence-electron chi connectivity index (χ1n) is 4.79. The molecule has 0 aliphatic carbocycles. The molecule has 5 heteroatoms. The van der Waals surface area contributed by atoms with Crippen molar-refractivity contribution < 1.29 is 18.8 Å². The third kappa shape index (κ3) is 4.12. The second-order valence-corrected chi connectivity index (χ2v) is 4.86. The predicted octanol–water partition coefficient (Wildman–Crippen LogP) is 1.28. The van der Waals surface area contributed by atoms with Crippen molar-refractivity contribution in [3.05, 3.63) is 35.4 Å². The molecule has 0 aromatic heterocycles. The van der Waals surface area contributed by atoms with Crippen LogP contribution >= 0.6 is 0 Å². The van der Waals surface area contributed by atoms with E-state index in [1.54, 1.807) is 25.3 Å². The number of carboxylic acids is 1. The number of carbonyl (C=O) groups is 1. The molecule has 0 saturated heterocycles. The normalized spacial score (nSPS) is 12.3. The molecule has 88 valence electrons. The van der Waals surface area contributed by atoms with Crippen molar-refractivity contribution >= 4 is 16.8 Å². The van der Waals surface area contributed by atoms with E-state index >= 15 is 0 Å². The first-order chi connectivity index (χ1) is 7.63. The third-order valence-corrected chi connectivity index (χ3v) is 3.29. The third-order valence-electron chi connectivity index (χ3n) is 2.02. The van der Waals surface area contributed by atoms with Gasteiger partial charge >= 0.3 is 5.97 Å². The van der Waals surface area contributed by atoms with Crippen molar-refractivity contribution in [3.63, 3.8) is 0 Å². The molecule has 0 bridgehead atoms. The summed E-state index contributed by atoms with van der Waals surface area (Å²) >= 11 is 0. The predicted molar refractivity (Wildman–Crippen MR) is 62.0 cm³/mol. The zero-order valence-electron chi connectivity index (χ0n) is 9.01. The van der Waals surface area contributed by atoms with Crippen LogP contribution in [0.25, 0.3) is 0 Å². The van der Waals surface area contributed by atoms with Gasteiger partial charge in [0.25, 0.3) is 0 Å². The van der Waals surface area contributed by atoms with Gasteiger partial charge in [0.1, 0.15) is 0 Å². The first-order valence-corrected chi connectivity index (χ1v) is 6.28. The van der Waals surface area contributed by atoms with E-state index in [4.69, 9.17) is 9.84 Å². The number of hydrogen-bond donors (Lipinski definition) is 1. The summed E-state index contributed by atoms with van der Waals surface area (Å²) in [5.74, 6) is -0.136. The summed E-state index contributed by atoms with van der Waals surface area (Å²) in [5.41, 5.74) is 0.996. The van der Waals surface area contributed by atoms with Gasteiger partial charge in [0.2, 0.25) is 0 Å². The van der Waals surface area contributed by atoms with Crippen molar-refractivity contribution in [2.75, 3.05) is 19.5 Å². The second kappa shape index (κ2) is 6.40. The topological polar surface area (TPSA) is 63.6 Å². The quantitative estimate of drug-likeness (QED) is 0.816. The Kier molecular flexibility index (Phi) is 5.14. The minimum Gasteiger partial charge on any atom is -0.478 e. The summed E-state index contributed by atoms with van der Waals surface area (Å²) in [6, 6.07) is 6.50. The Hall–Kier alpha value is -1.20. The van der Waals surface area contributed by atoms with Crippen molar-refractivity contribution in [2.45, 2.75) is 5.75 Å². The lowest BCUT2D eigenvalue weighted by atomic mass is 10.1. The molecule has 0 amide bonds. The fourth-order valence-electron chi connectivity index (χ4n) is 1.23. The molecule has 0 aliphatic rings.